The van der Waals surface area contributed by atoms with E-state index in [1.807, 2.05) is 19.2 Å². The first-order valence-electron chi connectivity index (χ1n) is 4.32. The third kappa shape index (κ3) is 0.840. The van der Waals surface area contributed by atoms with E-state index in [0.717, 1.165) is 23.4 Å². The molecule has 13 heavy (non-hydrogen) atoms. The Morgan fingerprint density at radius 3 is 3.23 bits per heavy atom. The summed E-state index contributed by atoms with van der Waals surface area (Å²) < 4.78 is 0. The van der Waals surface area contributed by atoms with Crippen molar-refractivity contribution in [1.29, 1.82) is 0 Å². The first-order chi connectivity index (χ1) is 6.34. The van der Waals surface area contributed by atoms with E-state index in [9.17, 15) is 0 Å². The van der Waals surface area contributed by atoms with Crippen molar-refractivity contribution in [2.75, 3.05) is 0 Å². The van der Waals surface area contributed by atoms with Crippen LogP contribution in [-0.2, 0) is 6.54 Å². The summed E-state index contributed by atoms with van der Waals surface area (Å²) in [7, 11) is 0. The lowest BCUT2D eigenvalue weighted by atomic mass is 10.1. The molecule has 64 valence electrons. The maximum atomic E-state index is 4.37. The van der Waals surface area contributed by atoms with Crippen LogP contribution >= 0.6 is 0 Å². The average molecular weight is 171 g/mol. The Morgan fingerprint density at radius 1 is 1.38 bits per heavy atom. The Morgan fingerprint density at radius 2 is 2.31 bits per heavy atom. The Balaban J connectivity index is 2.48. The molecule has 0 unspecified atom stereocenters. The van der Waals surface area contributed by atoms with Crippen LogP contribution in [0.15, 0.2) is 17.1 Å². The number of imidazole rings is 1. The monoisotopic (exact) mass is 171 g/mol. The number of H-pyrrole nitrogens is 1. The van der Waals surface area contributed by atoms with E-state index in [2.05, 4.69) is 21.0 Å². The van der Waals surface area contributed by atoms with Gasteiger partial charge in [-0.3, -0.25) is 4.99 Å². The molecule has 2 heterocycles. The number of nitrogens with one attached hydrogen (secondary N) is 1. The van der Waals surface area contributed by atoms with E-state index in [4.69, 9.17) is 0 Å². The van der Waals surface area contributed by atoms with Crippen molar-refractivity contribution in [3.8, 4) is 0 Å². The molecule has 0 saturated carbocycles. The molecule has 0 atom stereocenters. The minimum atomic E-state index is 0.809. The summed E-state index contributed by atoms with van der Waals surface area (Å²) >= 11 is 0. The molecule has 1 aliphatic rings. The van der Waals surface area contributed by atoms with Crippen molar-refractivity contribution >= 4 is 17.2 Å². The van der Waals surface area contributed by atoms with Gasteiger partial charge in [-0.25, -0.2) is 4.98 Å². The van der Waals surface area contributed by atoms with Crippen LogP contribution in [0, 0.1) is 6.92 Å². The van der Waals surface area contributed by atoms with Crippen LogP contribution in [0.1, 0.15) is 17.0 Å². The second-order valence-corrected chi connectivity index (χ2v) is 3.32. The highest BCUT2D eigenvalue weighted by atomic mass is 14.9. The molecule has 1 aromatic heterocycles. The molecule has 1 N–H and O–H groups in total. The zero-order chi connectivity index (χ0) is 8.84. The fraction of sp³-hybridized carbons (Fsp3) is 0.200. The van der Waals surface area contributed by atoms with Crippen molar-refractivity contribution < 1.29 is 0 Å². The maximum Gasteiger partial charge on any atom is 0.104 e. The van der Waals surface area contributed by atoms with Crippen LogP contribution in [-0.4, -0.2) is 16.2 Å². The molecule has 3 nitrogen and oxygen atoms in total. The number of aliphatic imine (C=N–C) groups is 1. The second kappa shape index (κ2) is 2.19. The molecule has 0 aliphatic carbocycles. The molecule has 0 saturated heterocycles. The predicted molar refractivity (Wildman–Crippen MR) is 52.1 cm³/mol. The number of aromatic amines is 1. The van der Waals surface area contributed by atoms with E-state index in [1.165, 1.54) is 11.1 Å². The second-order valence-electron chi connectivity index (χ2n) is 3.32. The van der Waals surface area contributed by atoms with Gasteiger partial charge in [0.05, 0.1) is 17.6 Å². The highest BCUT2D eigenvalue weighted by Gasteiger charge is 2.11. The van der Waals surface area contributed by atoms with E-state index in [1.54, 1.807) is 0 Å². The summed E-state index contributed by atoms with van der Waals surface area (Å²) in [5, 5.41) is 0. The topological polar surface area (TPSA) is 41.0 Å². The highest BCUT2D eigenvalue weighted by molar-refractivity contribution is 5.99. The van der Waals surface area contributed by atoms with E-state index in [-0.39, 0.29) is 0 Å². The molecule has 3 rings (SSSR count). The highest BCUT2D eigenvalue weighted by Crippen LogP contribution is 2.22. The zero-order valence-electron chi connectivity index (χ0n) is 7.33. The summed E-state index contributed by atoms with van der Waals surface area (Å²) in [6, 6.07) is 4.15. The number of hydrogen-bond acceptors (Lipinski definition) is 2. The summed E-state index contributed by atoms with van der Waals surface area (Å²) in [5.74, 6) is 0.962. The number of aryl methyl sites for hydroxylation is 1. The van der Waals surface area contributed by atoms with Crippen LogP contribution in [0.5, 0.6) is 0 Å². The van der Waals surface area contributed by atoms with Gasteiger partial charge in [-0.05, 0) is 18.6 Å². The van der Waals surface area contributed by atoms with E-state index < -0.39 is 0 Å². The van der Waals surface area contributed by atoms with Crippen LogP contribution in [0.2, 0.25) is 0 Å². The van der Waals surface area contributed by atoms with Crippen molar-refractivity contribution in [2.24, 2.45) is 4.99 Å². The Labute approximate surface area is 75.5 Å². The molecular formula is C10H9N3. The SMILES string of the molecule is Cc1nc2ccc3c(c2[nH]1)C=NC3. The number of rotatable bonds is 0. The summed E-state index contributed by atoms with van der Waals surface area (Å²) in [6.07, 6.45) is 1.93. The van der Waals surface area contributed by atoms with Gasteiger partial charge in [-0.2, -0.15) is 0 Å². The molecule has 2 aromatic rings. The Kier molecular flexibility index (Phi) is 1.15. The molecule has 0 fully saturated rings. The number of aromatic nitrogens is 2. The summed E-state index contributed by atoms with van der Waals surface area (Å²) in [4.78, 5) is 11.9. The first kappa shape index (κ1) is 6.83. The minimum Gasteiger partial charge on any atom is -0.342 e. The van der Waals surface area contributed by atoms with Gasteiger partial charge < -0.3 is 4.98 Å². The number of hydrogen-bond donors (Lipinski definition) is 1. The van der Waals surface area contributed by atoms with Crippen LogP contribution in [0.25, 0.3) is 11.0 Å². The summed E-state index contributed by atoms with van der Waals surface area (Å²) in [5.41, 5.74) is 4.65. The maximum absolute atomic E-state index is 4.37. The molecule has 0 spiro atoms. The van der Waals surface area contributed by atoms with Crippen LogP contribution in [0.4, 0.5) is 0 Å². The molecule has 1 aliphatic heterocycles. The lowest BCUT2D eigenvalue weighted by molar-refractivity contribution is 1.11. The number of benzene rings is 1. The number of fused-ring (bicyclic) bond motifs is 3. The van der Waals surface area contributed by atoms with Crippen LogP contribution in [0.3, 0.4) is 0 Å². The van der Waals surface area contributed by atoms with Crippen molar-refractivity contribution in [3.63, 3.8) is 0 Å². The van der Waals surface area contributed by atoms with Gasteiger partial charge in [-0.1, -0.05) is 6.07 Å². The van der Waals surface area contributed by atoms with Crippen molar-refractivity contribution in [3.05, 3.63) is 29.1 Å². The van der Waals surface area contributed by atoms with Crippen molar-refractivity contribution in [1.82, 2.24) is 9.97 Å². The van der Waals surface area contributed by atoms with Gasteiger partial charge >= 0.3 is 0 Å². The van der Waals surface area contributed by atoms with Gasteiger partial charge in [0.1, 0.15) is 5.82 Å². The van der Waals surface area contributed by atoms with Crippen LogP contribution < -0.4 is 0 Å². The van der Waals surface area contributed by atoms with Gasteiger partial charge in [0, 0.05) is 11.8 Å². The Hall–Kier alpha value is -1.64. The van der Waals surface area contributed by atoms with E-state index in [0.29, 0.717) is 0 Å². The normalized spacial score (nSPS) is 13.9. The molecule has 3 heteroatoms. The lowest BCUT2D eigenvalue weighted by Gasteiger charge is -1.96. The van der Waals surface area contributed by atoms with Gasteiger partial charge in [0.15, 0.2) is 0 Å². The molecular weight excluding hydrogens is 162 g/mol. The predicted octanol–water partition coefficient (Wildman–Crippen LogP) is 1.80. The molecule has 0 bridgehead atoms. The standard InChI is InChI=1S/C10H9N3/c1-6-12-9-3-2-7-4-11-5-8(7)10(9)13-6/h2-3,5H,4H2,1H3,(H,12,13). The average Bonchev–Trinajstić information content (AvgIpc) is 2.65. The van der Waals surface area contributed by atoms with Crippen molar-refractivity contribution in [2.45, 2.75) is 13.5 Å². The van der Waals surface area contributed by atoms with Gasteiger partial charge in [-0.15, -0.1) is 0 Å². The largest absolute Gasteiger partial charge is 0.342 e. The quantitative estimate of drug-likeness (QED) is 0.645. The molecule has 0 amide bonds. The zero-order valence-corrected chi connectivity index (χ0v) is 7.33. The third-order valence-corrected chi connectivity index (χ3v) is 2.39. The number of nitrogens with zero attached hydrogens (tertiary/aromatic N) is 2. The van der Waals surface area contributed by atoms with E-state index >= 15 is 0 Å². The minimum absolute atomic E-state index is 0.809. The molecule has 1 aromatic carbocycles. The van der Waals surface area contributed by atoms with Gasteiger partial charge in [0.2, 0.25) is 0 Å². The fourth-order valence-corrected chi connectivity index (χ4v) is 1.79. The third-order valence-electron chi connectivity index (χ3n) is 2.39. The summed E-state index contributed by atoms with van der Waals surface area (Å²) in [6.45, 7) is 2.78. The smallest absolute Gasteiger partial charge is 0.104 e. The Bertz CT molecular complexity index is 508. The first-order valence-corrected chi connectivity index (χ1v) is 4.32. The fourth-order valence-electron chi connectivity index (χ4n) is 1.79. The lowest BCUT2D eigenvalue weighted by Crippen LogP contribution is -1.85. The van der Waals surface area contributed by atoms with Gasteiger partial charge in [0.25, 0.3) is 0 Å². The molecule has 0 radical (unpaired) electrons.